The summed E-state index contributed by atoms with van der Waals surface area (Å²) >= 11 is 6.08. The fourth-order valence-corrected chi connectivity index (χ4v) is 2.32. The minimum absolute atomic E-state index is 0.187. The van der Waals surface area contributed by atoms with Crippen LogP contribution in [-0.4, -0.2) is 38.0 Å². The molecule has 108 valence electrons. The standard InChI is InChI=1S/C15H19ClN2O2/c1-10-11-6-4-7-12(16)14(11)20-13(10)15(19)17-8-5-9-18(2)3/h4,6-7H,5,8-9H2,1-3H3,(H,17,19). The van der Waals surface area contributed by atoms with E-state index in [1.165, 1.54) is 0 Å². The van der Waals surface area contributed by atoms with Crippen molar-refractivity contribution in [3.05, 3.63) is 34.5 Å². The van der Waals surface area contributed by atoms with E-state index in [2.05, 4.69) is 10.2 Å². The van der Waals surface area contributed by atoms with Crippen LogP contribution in [0.2, 0.25) is 5.02 Å². The molecule has 0 fully saturated rings. The maximum Gasteiger partial charge on any atom is 0.287 e. The number of para-hydroxylation sites is 1. The van der Waals surface area contributed by atoms with Crippen molar-refractivity contribution in [3.63, 3.8) is 0 Å². The molecule has 0 bridgehead atoms. The maximum absolute atomic E-state index is 12.1. The number of furan rings is 1. The second kappa shape index (κ2) is 6.29. The molecular formula is C15H19ClN2O2. The fourth-order valence-electron chi connectivity index (χ4n) is 2.10. The lowest BCUT2D eigenvalue weighted by Crippen LogP contribution is -2.27. The quantitative estimate of drug-likeness (QED) is 0.862. The molecule has 2 aromatic rings. The summed E-state index contributed by atoms with van der Waals surface area (Å²) in [5.74, 6) is 0.159. The zero-order valence-corrected chi connectivity index (χ0v) is 12.8. The molecule has 1 aromatic heterocycles. The van der Waals surface area contributed by atoms with Crippen molar-refractivity contribution in [1.29, 1.82) is 0 Å². The van der Waals surface area contributed by atoms with Crippen LogP contribution >= 0.6 is 11.6 Å². The van der Waals surface area contributed by atoms with Crippen molar-refractivity contribution in [2.24, 2.45) is 0 Å². The van der Waals surface area contributed by atoms with Crippen LogP contribution in [0.15, 0.2) is 22.6 Å². The molecule has 0 unspecified atom stereocenters. The zero-order chi connectivity index (χ0) is 14.7. The van der Waals surface area contributed by atoms with Crippen molar-refractivity contribution in [3.8, 4) is 0 Å². The highest BCUT2D eigenvalue weighted by Crippen LogP contribution is 2.30. The largest absolute Gasteiger partial charge is 0.449 e. The van der Waals surface area contributed by atoms with Crippen LogP contribution in [0, 0.1) is 6.92 Å². The van der Waals surface area contributed by atoms with Gasteiger partial charge < -0.3 is 14.6 Å². The smallest absolute Gasteiger partial charge is 0.287 e. The average Bonchev–Trinajstić information content (AvgIpc) is 2.74. The fraction of sp³-hybridized carbons (Fsp3) is 0.400. The van der Waals surface area contributed by atoms with E-state index >= 15 is 0 Å². The number of aryl methyl sites for hydroxylation is 1. The van der Waals surface area contributed by atoms with Crippen molar-refractivity contribution in [2.75, 3.05) is 27.2 Å². The van der Waals surface area contributed by atoms with Crippen molar-refractivity contribution >= 4 is 28.5 Å². The first-order valence-electron chi connectivity index (χ1n) is 6.61. The number of nitrogens with one attached hydrogen (secondary N) is 1. The third-order valence-electron chi connectivity index (χ3n) is 3.19. The maximum atomic E-state index is 12.1. The van der Waals surface area contributed by atoms with Gasteiger partial charge in [0.2, 0.25) is 0 Å². The van der Waals surface area contributed by atoms with Crippen LogP contribution < -0.4 is 5.32 Å². The van der Waals surface area contributed by atoms with Gasteiger partial charge in [0.15, 0.2) is 11.3 Å². The van der Waals surface area contributed by atoms with Gasteiger partial charge >= 0.3 is 0 Å². The average molecular weight is 295 g/mol. The monoisotopic (exact) mass is 294 g/mol. The number of hydrogen-bond donors (Lipinski definition) is 1. The van der Waals surface area contributed by atoms with Crippen molar-refractivity contribution in [1.82, 2.24) is 10.2 Å². The third kappa shape index (κ3) is 3.14. The van der Waals surface area contributed by atoms with Crippen LogP contribution in [0.3, 0.4) is 0 Å². The SMILES string of the molecule is Cc1c(C(=O)NCCCN(C)C)oc2c(Cl)cccc12. The lowest BCUT2D eigenvalue weighted by atomic mass is 10.1. The van der Waals surface area contributed by atoms with E-state index in [1.807, 2.05) is 33.2 Å². The van der Waals surface area contributed by atoms with E-state index in [-0.39, 0.29) is 5.91 Å². The molecule has 1 heterocycles. The number of amides is 1. The Hall–Kier alpha value is -1.52. The molecule has 0 atom stereocenters. The number of hydrogen-bond acceptors (Lipinski definition) is 3. The molecular weight excluding hydrogens is 276 g/mol. The molecule has 20 heavy (non-hydrogen) atoms. The van der Waals surface area contributed by atoms with Gasteiger partial charge in [0.05, 0.1) is 5.02 Å². The molecule has 0 radical (unpaired) electrons. The molecule has 0 saturated heterocycles. The Labute approximate surface area is 123 Å². The summed E-state index contributed by atoms with van der Waals surface area (Å²) in [6.45, 7) is 3.43. The van der Waals surface area contributed by atoms with Gasteiger partial charge in [-0.25, -0.2) is 0 Å². The highest BCUT2D eigenvalue weighted by Gasteiger charge is 2.18. The van der Waals surface area contributed by atoms with Crippen LogP contribution in [-0.2, 0) is 0 Å². The van der Waals surface area contributed by atoms with Gasteiger partial charge in [0.1, 0.15) is 0 Å². The predicted molar refractivity (Wildman–Crippen MR) is 81.5 cm³/mol. The van der Waals surface area contributed by atoms with E-state index in [9.17, 15) is 4.79 Å². The predicted octanol–water partition coefficient (Wildman–Crippen LogP) is 3.08. The third-order valence-corrected chi connectivity index (χ3v) is 3.49. The molecule has 0 aliphatic carbocycles. The number of halogens is 1. The van der Waals surface area contributed by atoms with Gasteiger partial charge in [0.25, 0.3) is 5.91 Å². The number of nitrogens with zero attached hydrogens (tertiary/aromatic N) is 1. The topological polar surface area (TPSA) is 45.5 Å². The summed E-state index contributed by atoms with van der Waals surface area (Å²) < 4.78 is 5.62. The van der Waals surface area contributed by atoms with E-state index in [0.717, 1.165) is 23.9 Å². The first-order chi connectivity index (χ1) is 9.50. The van der Waals surface area contributed by atoms with Crippen molar-refractivity contribution < 1.29 is 9.21 Å². The number of carbonyl (C=O) groups is 1. The van der Waals surface area contributed by atoms with E-state index < -0.39 is 0 Å². The highest BCUT2D eigenvalue weighted by atomic mass is 35.5. The van der Waals surface area contributed by atoms with Gasteiger partial charge in [-0.1, -0.05) is 23.7 Å². The van der Waals surface area contributed by atoms with E-state index in [4.69, 9.17) is 16.0 Å². The van der Waals surface area contributed by atoms with Gasteiger partial charge in [0, 0.05) is 17.5 Å². The van der Waals surface area contributed by atoms with Gasteiger partial charge in [-0.05, 0) is 40.1 Å². The Morgan fingerprint density at radius 2 is 2.15 bits per heavy atom. The van der Waals surface area contributed by atoms with Gasteiger partial charge in [-0.3, -0.25) is 4.79 Å². The number of carbonyl (C=O) groups excluding carboxylic acids is 1. The summed E-state index contributed by atoms with van der Waals surface area (Å²) in [5.41, 5.74) is 1.40. The Bertz CT molecular complexity index is 620. The van der Waals surface area contributed by atoms with Crippen LogP contribution in [0.4, 0.5) is 0 Å². The molecule has 0 aliphatic rings. The number of rotatable bonds is 5. The molecule has 4 nitrogen and oxygen atoms in total. The van der Waals surface area contributed by atoms with Gasteiger partial charge in [-0.15, -0.1) is 0 Å². The number of fused-ring (bicyclic) bond motifs is 1. The van der Waals surface area contributed by atoms with E-state index in [1.54, 1.807) is 6.07 Å². The number of benzene rings is 1. The Kier molecular flexibility index (Phi) is 4.68. The minimum Gasteiger partial charge on any atom is -0.449 e. The van der Waals surface area contributed by atoms with Gasteiger partial charge in [-0.2, -0.15) is 0 Å². The highest BCUT2D eigenvalue weighted by molar-refractivity contribution is 6.35. The molecule has 0 spiro atoms. The van der Waals surface area contributed by atoms with Crippen molar-refractivity contribution in [2.45, 2.75) is 13.3 Å². The van der Waals surface area contributed by atoms with Crippen LogP contribution in [0.5, 0.6) is 0 Å². The molecule has 0 saturated carbocycles. The molecule has 1 amide bonds. The molecule has 0 aliphatic heterocycles. The Morgan fingerprint density at radius 1 is 1.40 bits per heavy atom. The first-order valence-corrected chi connectivity index (χ1v) is 6.99. The summed E-state index contributed by atoms with van der Waals surface area (Å²) in [7, 11) is 4.01. The first kappa shape index (κ1) is 14.9. The summed E-state index contributed by atoms with van der Waals surface area (Å²) in [6, 6.07) is 5.51. The lowest BCUT2D eigenvalue weighted by Gasteiger charge is -2.09. The molecule has 1 aromatic carbocycles. The minimum atomic E-state index is -0.187. The Balaban J connectivity index is 2.11. The summed E-state index contributed by atoms with van der Waals surface area (Å²) in [6.07, 6.45) is 0.902. The summed E-state index contributed by atoms with van der Waals surface area (Å²) in [5, 5.41) is 4.28. The second-order valence-electron chi connectivity index (χ2n) is 5.09. The Morgan fingerprint density at radius 3 is 2.80 bits per heavy atom. The van der Waals surface area contributed by atoms with E-state index in [0.29, 0.717) is 22.9 Å². The normalized spacial score (nSPS) is 11.2. The molecule has 2 rings (SSSR count). The zero-order valence-electron chi connectivity index (χ0n) is 12.0. The summed E-state index contributed by atoms with van der Waals surface area (Å²) in [4.78, 5) is 14.2. The molecule has 5 heteroatoms. The lowest BCUT2D eigenvalue weighted by molar-refractivity contribution is 0.0926. The van der Waals surface area contributed by atoms with Crippen LogP contribution in [0.25, 0.3) is 11.0 Å². The van der Waals surface area contributed by atoms with Crippen LogP contribution in [0.1, 0.15) is 22.5 Å². The molecule has 1 N–H and O–H groups in total. The second-order valence-corrected chi connectivity index (χ2v) is 5.49.